The molecule has 0 atom stereocenters. The number of amides is 2. The molecule has 0 aliphatic carbocycles. The fourth-order valence-electron chi connectivity index (χ4n) is 3.88. The number of nitrogens with zero attached hydrogens (tertiary/aromatic N) is 4. The van der Waals surface area contributed by atoms with Gasteiger partial charge in [0.15, 0.2) is 0 Å². The second kappa shape index (κ2) is 9.35. The van der Waals surface area contributed by atoms with Crippen LogP contribution in [-0.4, -0.2) is 30.5 Å². The van der Waals surface area contributed by atoms with Crippen molar-refractivity contribution < 1.29 is 19.4 Å². The summed E-state index contributed by atoms with van der Waals surface area (Å²) in [4.78, 5) is 48.1. The van der Waals surface area contributed by atoms with Crippen LogP contribution < -0.4 is 0 Å². The first kappa shape index (κ1) is 24.2. The average molecular weight is 513 g/mol. The van der Waals surface area contributed by atoms with Gasteiger partial charge >= 0.3 is 0 Å². The van der Waals surface area contributed by atoms with Gasteiger partial charge in [-0.1, -0.05) is 29.8 Å². The third kappa shape index (κ3) is 4.55. The maximum Gasteiger partial charge on any atom is 0.293 e. The number of rotatable bonds is 6. The summed E-state index contributed by atoms with van der Waals surface area (Å²) in [5.74, 6) is -0.551. The molecule has 0 radical (unpaired) electrons. The van der Waals surface area contributed by atoms with Crippen molar-refractivity contribution in [1.29, 1.82) is 0 Å². The number of nitro groups is 2. The van der Waals surface area contributed by atoms with Crippen molar-refractivity contribution in [3.8, 4) is 5.69 Å². The molecule has 35 heavy (non-hydrogen) atoms. The van der Waals surface area contributed by atoms with Gasteiger partial charge in [-0.15, -0.1) is 0 Å². The molecule has 4 rings (SSSR count). The van der Waals surface area contributed by atoms with E-state index in [4.69, 9.17) is 11.6 Å². The summed E-state index contributed by atoms with van der Waals surface area (Å²) in [7, 11) is 0. The largest absolute Gasteiger partial charge is 0.318 e. The highest BCUT2D eigenvalue weighted by atomic mass is 35.5. The molecule has 2 aromatic carbocycles. The van der Waals surface area contributed by atoms with Crippen molar-refractivity contribution in [3.63, 3.8) is 0 Å². The molecule has 0 spiro atoms. The molecule has 3 aromatic rings. The second-order valence-electron chi connectivity index (χ2n) is 7.71. The lowest BCUT2D eigenvalue weighted by atomic mass is 10.1. The fourth-order valence-corrected chi connectivity index (χ4v) is 4.90. The normalized spacial score (nSPS) is 14.7. The van der Waals surface area contributed by atoms with Gasteiger partial charge in [-0.2, -0.15) is 0 Å². The summed E-state index contributed by atoms with van der Waals surface area (Å²) in [6.07, 6.45) is 1.58. The quantitative estimate of drug-likeness (QED) is 0.232. The van der Waals surface area contributed by atoms with Crippen LogP contribution in [0.15, 0.2) is 53.4 Å². The van der Waals surface area contributed by atoms with Gasteiger partial charge < -0.3 is 4.57 Å². The average Bonchev–Trinajstić information content (AvgIpc) is 3.23. The Morgan fingerprint density at radius 2 is 1.69 bits per heavy atom. The molecular formula is C23H17ClN4O6S. The predicted molar refractivity (Wildman–Crippen MR) is 132 cm³/mol. The molecule has 1 fully saturated rings. The van der Waals surface area contributed by atoms with Crippen molar-refractivity contribution in [2.75, 3.05) is 0 Å². The van der Waals surface area contributed by atoms with Crippen molar-refractivity contribution in [2.24, 2.45) is 0 Å². The minimum Gasteiger partial charge on any atom is -0.318 e. The number of halogens is 1. The molecule has 178 valence electrons. The molecule has 0 saturated carbocycles. The number of carbonyl (C=O) groups is 2. The lowest BCUT2D eigenvalue weighted by molar-refractivity contribution is -0.385. The van der Waals surface area contributed by atoms with Gasteiger partial charge in [-0.05, 0) is 55.4 Å². The van der Waals surface area contributed by atoms with E-state index in [0.29, 0.717) is 16.9 Å². The van der Waals surface area contributed by atoms with Crippen LogP contribution in [-0.2, 0) is 11.3 Å². The van der Waals surface area contributed by atoms with Crippen LogP contribution in [0.4, 0.5) is 16.2 Å². The Hall–Kier alpha value is -3.96. The van der Waals surface area contributed by atoms with Gasteiger partial charge in [0.05, 0.1) is 27.0 Å². The number of thioether (sulfide) groups is 1. The van der Waals surface area contributed by atoms with Crippen molar-refractivity contribution in [3.05, 3.63) is 101 Å². The zero-order valence-corrected chi connectivity index (χ0v) is 20.0. The van der Waals surface area contributed by atoms with Gasteiger partial charge in [-0.3, -0.25) is 34.7 Å². The third-order valence-electron chi connectivity index (χ3n) is 5.53. The molecule has 1 aromatic heterocycles. The van der Waals surface area contributed by atoms with E-state index in [1.54, 1.807) is 35.8 Å². The lowest BCUT2D eigenvalue weighted by Crippen LogP contribution is -2.27. The van der Waals surface area contributed by atoms with E-state index in [9.17, 15) is 29.8 Å². The maximum absolute atomic E-state index is 13.0. The van der Waals surface area contributed by atoms with Gasteiger partial charge in [-0.25, -0.2) is 0 Å². The van der Waals surface area contributed by atoms with Gasteiger partial charge in [0.1, 0.15) is 5.02 Å². The smallest absolute Gasteiger partial charge is 0.293 e. The van der Waals surface area contributed by atoms with Gasteiger partial charge in [0, 0.05) is 29.1 Å². The van der Waals surface area contributed by atoms with Crippen molar-refractivity contribution >= 4 is 52.0 Å². The molecule has 0 N–H and O–H groups in total. The van der Waals surface area contributed by atoms with E-state index in [2.05, 4.69) is 0 Å². The summed E-state index contributed by atoms with van der Waals surface area (Å²) in [6, 6.07) is 12.2. The molecule has 0 unspecified atom stereocenters. The number of imide groups is 1. The number of hydrogen-bond acceptors (Lipinski definition) is 7. The Bertz CT molecular complexity index is 1450. The summed E-state index contributed by atoms with van der Waals surface area (Å²) in [6.45, 7) is 3.38. The van der Waals surface area contributed by atoms with E-state index in [0.717, 1.165) is 22.4 Å². The van der Waals surface area contributed by atoms with Crippen molar-refractivity contribution in [1.82, 2.24) is 9.47 Å². The van der Waals surface area contributed by atoms with E-state index in [1.165, 1.54) is 30.3 Å². The van der Waals surface area contributed by atoms with E-state index < -0.39 is 21.0 Å². The van der Waals surface area contributed by atoms with E-state index in [-0.39, 0.29) is 33.4 Å². The van der Waals surface area contributed by atoms with Crippen LogP contribution >= 0.6 is 23.4 Å². The lowest BCUT2D eigenvalue weighted by Gasteiger charge is -2.12. The maximum atomic E-state index is 13.0. The van der Waals surface area contributed by atoms with E-state index >= 15 is 0 Å². The number of aromatic nitrogens is 1. The topological polar surface area (TPSA) is 129 Å². The minimum atomic E-state index is -0.562. The number of benzene rings is 2. The first-order chi connectivity index (χ1) is 16.6. The second-order valence-corrected chi connectivity index (χ2v) is 9.11. The number of nitro benzene ring substituents is 2. The Labute approximate surface area is 208 Å². The van der Waals surface area contributed by atoms with Crippen LogP contribution in [0.2, 0.25) is 5.02 Å². The number of hydrogen-bond donors (Lipinski definition) is 0. The van der Waals surface area contributed by atoms with Gasteiger partial charge in [0.25, 0.3) is 22.5 Å². The molecule has 12 heteroatoms. The van der Waals surface area contributed by atoms with Crippen LogP contribution in [0.25, 0.3) is 11.8 Å². The highest BCUT2D eigenvalue weighted by Crippen LogP contribution is 2.36. The monoisotopic (exact) mass is 512 g/mol. The summed E-state index contributed by atoms with van der Waals surface area (Å²) < 4.78 is 1.78. The fraction of sp³-hybridized carbons (Fsp3) is 0.130. The molecule has 1 saturated heterocycles. The zero-order valence-electron chi connectivity index (χ0n) is 18.4. The Kier molecular flexibility index (Phi) is 6.46. The third-order valence-corrected chi connectivity index (χ3v) is 6.76. The number of para-hydroxylation sites is 1. The zero-order chi connectivity index (χ0) is 25.4. The van der Waals surface area contributed by atoms with Crippen LogP contribution in [0.1, 0.15) is 22.5 Å². The molecule has 0 bridgehead atoms. The summed E-state index contributed by atoms with van der Waals surface area (Å²) in [5, 5.41) is 22.1. The number of aryl methyl sites for hydroxylation is 1. The van der Waals surface area contributed by atoms with Crippen molar-refractivity contribution in [2.45, 2.75) is 20.4 Å². The van der Waals surface area contributed by atoms with Crippen LogP contribution in [0.5, 0.6) is 0 Å². The number of carbonyl (C=O) groups excluding carboxylic acids is 2. The van der Waals surface area contributed by atoms with Crippen LogP contribution in [0, 0.1) is 34.1 Å². The molecule has 1 aliphatic rings. The van der Waals surface area contributed by atoms with E-state index in [1.807, 2.05) is 6.92 Å². The first-order valence-electron chi connectivity index (χ1n) is 10.2. The SMILES string of the molecule is Cc1cc(/C=C2\SC(=O)N(Cc3ccccc3[N+](=O)[O-])C2=O)c(C)n1-c1ccc(Cl)c([N+](=O)[O-])c1. The first-order valence-corrected chi connectivity index (χ1v) is 11.4. The Morgan fingerprint density at radius 1 is 1.00 bits per heavy atom. The van der Waals surface area contributed by atoms with Crippen LogP contribution in [0.3, 0.4) is 0 Å². The minimum absolute atomic E-state index is 0.0220. The molecule has 2 heterocycles. The standard InChI is InChI=1S/C23H17ClN4O6S/c1-13-9-16(14(2)26(13)17-7-8-18(24)20(11-17)28(33)34)10-21-22(29)25(23(30)35-21)12-15-5-3-4-6-19(15)27(31)32/h3-11H,12H2,1-2H3/b21-10-. The predicted octanol–water partition coefficient (Wildman–Crippen LogP) is 5.80. The Balaban J connectivity index is 1.66. The highest BCUT2D eigenvalue weighted by Gasteiger charge is 2.36. The molecular weight excluding hydrogens is 496 g/mol. The molecule has 2 amide bonds. The summed E-state index contributed by atoms with van der Waals surface area (Å²) in [5.41, 5.74) is 2.49. The molecule has 1 aliphatic heterocycles. The van der Waals surface area contributed by atoms with Gasteiger partial charge in [0.2, 0.25) is 0 Å². The highest BCUT2D eigenvalue weighted by molar-refractivity contribution is 8.18. The molecule has 10 nitrogen and oxygen atoms in total. The Morgan fingerprint density at radius 3 is 2.37 bits per heavy atom. The summed E-state index contributed by atoms with van der Waals surface area (Å²) >= 11 is 6.68.